The van der Waals surface area contributed by atoms with E-state index in [1.807, 2.05) is 28.7 Å². The molecule has 3 aromatic rings. The third-order valence-corrected chi connectivity index (χ3v) is 7.93. The number of nitrogens with zero attached hydrogens (tertiary/aromatic N) is 5. The Bertz CT molecular complexity index is 1520. The maximum atomic E-state index is 13.7. The molecule has 2 aromatic heterocycles. The Morgan fingerprint density at radius 2 is 2.20 bits per heavy atom. The summed E-state index contributed by atoms with van der Waals surface area (Å²) >= 11 is 0. The molecule has 0 radical (unpaired) electrons. The van der Waals surface area contributed by atoms with Crippen molar-refractivity contribution in [2.45, 2.75) is 38.5 Å². The number of hydrogen-bond acceptors (Lipinski definition) is 7. The number of rotatable bonds is 9. The minimum atomic E-state index is -0.346. The van der Waals surface area contributed by atoms with Gasteiger partial charge in [0.15, 0.2) is 0 Å². The van der Waals surface area contributed by atoms with Gasteiger partial charge >= 0.3 is 0 Å². The number of hydrogen-bond donors (Lipinski definition) is 2. The zero-order valence-corrected chi connectivity index (χ0v) is 22.9. The van der Waals surface area contributed by atoms with Crippen LogP contribution in [-0.4, -0.2) is 77.2 Å². The van der Waals surface area contributed by atoms with Gasteiger partial charge in [-0.05, 0) is 63.4 Å². The predicted octanol–water partition coefficient (Wildman–Crippen LogP) is 4.04. The largest absolute Gasteiger partial charge is 0.373 e. The maximum absolute atomic E-state index is 13.7. The average Bonchev–Trinajstić information content (AvgIpc) is 3.63. The lowest BCUT2D eigenvalue weighted by molar-refractivity contribution is -0.0309. The molecular formula is C30H34FN7O2. The second kappa shape index (κ2) is 10.9. The van der Waals surface area contributed by atoms with Crippen LogP contribution in [0.4, 0.5) is 10.1 Å². The summed E-state index contributed by atoms with van der Waals surface area (Å²) in [4.78, 5) is 26.2. The number of fused-ring (bicyclic) bond motifs is 2. The summed E-state index contributed by atoms with van der Waals surface area (Å²) < 4.78 is 21.5. The van der Waals surface area contributed by atoms with Gasteiger partial charge in [0.1, 0.15) is 17.3 Å². The lowest BCUT2D eigenvalue weighted by Gasteiger charge is -2.36. The van der Waals surface area contributed by atoms with Crippen molar-refractivity contribution in [3.05, 3.63) is 77.3 Å². The van der Waals surface area contributed by atoms with Crippen LogP contribution in [0.5, 0.6) is 0 Å². The average molecular weight is 544 g/mol. The van der Waals surface area contributed by atoms with E-state index in [2.05, 4.69) is 51.1 Å². The highest BCUT2D eigenvalue weighted by Crippen LogP contribution is 2.35. The molecule has 1 atom stereocenters. The van der Waals surface area contributed by atoms with Crippen molar-refractivity contribution in [3.8, 4) is 11.3 Å². The molecule has 10 heteroatoms. The van der Waals surface area contributed by atoms with Crippen LogP contribution in [0.25, 0.3) is 16.9 Å². The quantitative estimate of drug-likeness (QED) is 0.313. The van der Waals surface area contributed by atoms with E-state index in [4.69, 9.17) is 4.74 Å². The fraction of sp³-hybridized carbons (Fsp3) is 0.367. The van der Waals surface area contributed by atoms with E-state index in [1.165, 1.54) is 25.0 Å². The molecule has 9 nitrogen and oxygen atoms in total. The van der Waals surface area contributed by atoms with Crippen molar-refractivity contribution in [1.29, 1.82) is 0 Å². The van der Waals surface area contributed by atoms with E-state index in [9.17, 15) is 9.18 Å². The number of halogens is 1. The highest BCUT2D eigenvalue weighted by molar-refractivity contribution is 6.05. The number of carbonyl (C=O) groups excluding carboxylic acids is 1. The number of morpholine rings is 1. The number of benzene rings is 1. The highest BCUT2D eigenvalue weighted by Gasteiger charge is 2.30. The van der Waals surface area contributed by atoms with Crippen molar-refractivity contribution in [2.24, 2.45) is 4.99 Å². The predicted molar refractivity (Wildman–Crippen MR) is 154 cm³/mol. The topological polar surface area (TPSA) is 86.5 Å². The molecule has 1 aromatic carbocycles. The van der Waals surface area contributed by atoms with Crippen LogP contribution in [0.3, 0.4) is 0 Å². The number of aromatic nitrogens is 2. The lowest BCUT2D eigenvalue weighted by Crippen LogP contribution is -2.46. The number of nitrogens with one attached hydrogen (secondary N) is 2. The van der Waals surface area contributed by atoms with Crippen molar-refractivity contribution in [1.82, 2.24) is 24.5 Å². The van der Waals surface area contributed by atoms with Gasteiger partial charge in [0.05, 0.1) is 35.9 Å². The first kappa shape index (κ1) is 26.2. The fourth-order valence-corrected chi connectivity index (χ4v) is 5.56. The Labute approximate surface area is 233 Å². The summed E-state index contributed by atoms with van der Waals surface area (Å²) in [5, 5.41) is 6.22. The molecule has 2 fully saturated rings. The van der Waals surface area contributed by atoms with Gasteiger partial charge in [-0.2, -0.15) is 0 Å². The van der Waals surface area contributed by atoms with E-state index in [0.29, 0.717) is 41.9 Å². The highest BCUT2D eigenvalue weighted by atomic mass is 19.1. The van der Waals surface area contributed by atoms with Crippen LogP contribution in [0.15, 0.2) is 65.3 Å². The van der Waals surface area contributed by atoms with Gasteiger partial charge in [-0.15, -0.1) is 0 Å². The second-order valence-corrected chi connectivity index (χ2v) is 10.7. The third kappa shape index (κ3) is 5.24. The molecule has 0 unspecified atom stereocenters. The number of imidazole rings is 1. The van der Waals surface area contributed by atoms with E-state index in [1.54, 1.807) is 12.4 Å². The molecule has 2 N–H and O–H groups in total. The van der Waals surface area contributed by atoms with Crippen LogP contribution in [0.1, 0.15) is 35.7 Å². The van der Waals surface area contributed by atoms with Gasteiger partial charge in [0, 0.05) is 55.7 Å². The van der Waals surface area contributed by atoms with Gasteiger partial charge in [0.2, 0.25) is 0 Å². The Balaban J connectivity index is 1.21. The van der Waals surface area contributed by atoms with Gasteiger partial charge in [-0.1, -0.05) is 6.07 Å². The first-order chi connectivity index (χ1) is 19.4. The van der Waals surface area contributed by atoms with Gasteiger partial charge in [0.25, 0.3) is 5.91 Å². The molecule has 1 saturated heterocycles. The monoisotopic (exact) mass is 543 g/mol. The summed E-state index contributed by atoms with van der Waals surface area (Å²) in [5.74, 6) is 0.0313. The standard InChI is InChI=1S/C30H34FN7O2/c1-19(37-12-13-40-22(18-37)17-36(3)21-5-6-21)4-9-27(32-2)35-25-8-7-23(24-15-34-30(39)29(24)25)26-16-33-28-14-20(31)10-11-38(26)28/h4,7-11,14,16,21-22,35H,2,5-6,12-13,15,17-18H2,1,3H3,(H,34,39)/b19-4+,27-9+/t22-/m1/s1. The molecule has 1 saturated carbocycles. The van der Waals surface area contributed by atoms with E-state index in [-0.39, 0.29) is 17.8 Å². The molecule has 0 spiro atoms. The van der Waals surface area contributed by atoms with Crippen LogP contribution in [0, 0.1) is 5.82 Å². The molecule has 6 rings (SSSR count). The van der Waals surface area contributed by atoms with E-state index >= 15 is 0 Å². The molecular weight excluding hydrogens is 509 g/mol. The summed E-state index contributed by atoms with van der Waals surface area (Å²) in [6.07, 6.45) is 10.0. The summed E-state index contributed by atoms with van der Waals surface area (Å²) in [5.41, 5.74) is 5.33. The zero-order valence-electron chi connectivity index (χ0n) is 22.9. The fourth-order valence-electron chi connectivity index (χ4n) is 5.56. The number of carbonyl (C=O) groups is 1. The molecule has 40 heavy (non-hydrogen) atoms. The number of pyridine rings is 1. The summed E-state index contributed by atoms with van der Waals surface area (Å²) in [6.45, 7) is 9.56. The molecule has 208 valence electrons. The van der Waals surface area contributed by atoms with Gasteiger partial charge < -0.3 is 25.2 Å². The van der Waals surface area contributed by atoms with Gasteiger partial charge in [-0.3, -0.25) is 9.20 Å². The number of anilines is 1. The SMILES string of the molecule is C=N/C(=C\C=C(/C)N1CCO[C@H](CN(C)C2CC2)C1)Nc1ccc(-c2cnc3cc(F)ccn23)c2c1C(=O)NC2. The maximum Gasteiger partial charge on any atom is 0.254 e. The Kier molecular flexibility index (Phi) is 7.12. The van der Waals surface area contributed by atoms with Crippen LogP contribution in [-0.2, 0) is 11.3 Å². The Hall–Kier alpha value is -4.02. The Morgan fingerprint density at radius 3 is 3.00 bits per heavy atom. The first-order valence-electron chi connectivity index (χ1n) is 13.7. The number of ether oxygens (including phenoxy) is 1. The Morgan fingerprint density at radius 1 is 1.35 bits per heavy atom. The number of aliphatic imine (C=N–C) groups is 1. The minimum absolute atomic E-state index is 0.162. The van der Waals surface area contributed by atoms with Crippen LogP contribution >= 0.6 is 0 Å². The van der Waals surface area contributed by atoms with Gasteiger partial charge in [-0.25, -0.2) is 14.4 Å². The van der Waals surface area contributed by atoms with Crippen molar-refractivity contribution in [2.75, 3.05) is 38.6 Å². The molecule has 1 aliphatic carbocycles. The van der Waals surface area contributed by atoms with E-state index in [0.717, 1.165) is 42.2 Å². The second-order valence-electron chi connectivity index (χ2n) is 10.7. The lowest BCUT2D eigenvalue weighted by atomic mass is 9.99. The summed E-state index contributed by atoms with van der Waals surface area (Å²) in [6, 6.07) is 7.30. The van der Waals surface area contributed by atoms with E-state index < -0.39 is 0 Å². The molecule has 0 bridgehead atoms. The van der Waals surface area contributed by atoms with Crippen molar-refractivity contribution < 1.29 is 13.9 Å². The molecule has 3 aliphatic rings. The molecule has 2 aliphatic heterocycles. The summed E-state index contributed by atoms with van der Waals surface area (Å²) in [7, 11) is 2.18. The smallest absolute Gasteiger partial charge is 0.254 e. The number of likely N-dealkylation sites (N-methyl/N-ethyl adjacent to an activating group) is 1. The van der Waals surface area contributed by atoms with Crippen LogP contribution in [0.2, 0.25) is 0 Å². The first-order valence-corrected chi connectivity index (χ1v) is 13.7. The van der Waals surface area contributed by atoms with Crippen LogP contribution < -0.4 is 10.6 Å². The number of allylic oxidation sites excluding steroid dienone is 3. The van der Waals surface area contributed by atoms with Crippen molar-refractivity contribution >= 4 is 24.0 Å². The third-order valence-electron chi connectivity index (χ3n) is 7.93. The minimum Gasteiger partial charge on any atom is -0.373 e. The van der Waals surface area contributed by atoms with Crippen molar-refractivity contribution in [3.63, 3.8) is 0 Å². The number of amides is 1. The molecule has 4 heterocycles. The normalized spacial score (nSPS) is 19.8. The molecule has 1 amide bonds. The zero-order chi connectivity index (χ0) is 27.8.